The number of hydrogen-bond donors (Lipinski definition) is 0. The van der Waals surface area contributed by atoms with Crippen LogP contribution in [0.25, 0.3) is 0 Å². The number of carbonyl (C=O) groups excluding carboxylic acids is 1. The summed E-state index contributed by atoms with van der Waals surface area (Å²) in [6, 6.07) is 9.35. The molecule has 27 heavy (non-hydrogen) atoms. The topological polar surface area (TPSA) is 26.3 Å². The van der Waals surface area contributed by atoms with Gasteiger partial charge in [-0.25, -0.2) is 4.79 Å². The van der Waals surface area contributed by atoms with Gasteiger partial charge in [0.2, 0.25) is 0 Å². The van der Waals surface area contributed by atoms with Crippen LogP contribution in [0.1, 0.15) is 121 Å². The number of carbonyl (C=O) groups is 1. The molecule has 1 rings (SSSR count). The minimum Gasteiger partial charge on any atom is -0.459 e. The van der Waals surface area contributed by atoms with Crippen molar-refractivity contribution in [2.75, 3.05) is 0 Å². The molecule has 0 aromatic heterocycles. The SMILES string of the molecule is CCCCCCCCCCCCCCC(CCC)OC(=O)c1ccccc1. The zero-order valence-electron chi connectivity index (χ0n) is 17.9. The third-order valence-corrected chi connectivity index (χ3v) is 5.27. The second-order valence-corrected chi connectivity index (χ2v) is 7.86. The Bertz CT molecular complexity index is 455. The van der Waals surface area contributed by atoms with Crippen LogP contribution in [-0.4, -0.2) is 12.1 Å². The first-order valence-electron chi connectivity index (χ1n) is 11.5. The van der Waals surface area contributed by atoms with Crippen LogP contribution in [0.5, 0.6) is 0 Å². The summed E-state index contributed by atoms with van der Waals surface area (Å²) >= 11 is 0. The molecule has 1 aromatic carbocycles. The molecule has 0 aliphatic heterocycles. The number of esters is 1. The van der Waals surface area contributed by atoms with Crippen molar-refractivity contribution in [2.45, 2.75) is 116 Å². The molecular weight excluding hydrogens is 332 g/mol. The largest absolute Gasteiger partial charge is 0.459 e. The highest BCUT2D eigenvalue weighted by molar-refractivity contribution is 5.89. The van der Waals surface area contributed by atoms with Crippen molar-refractivity contribution in [3.8, 4) is 0 Å². The summed E-state index contributed by atoms with van der Waals surface area (Å²) in [5, 5.41) is 0. The number of ether oxygens (including phenoxy) is 1. The second kappa shape index (κ2) is 16.8. The summed E-state index contributed by atoms with van der Waals surface area (Å²) in [5.41, 5.74) is 0.660. The van der Waals surface area contributed by atoms with Gasteiger partial charge in [-0.1, -0.05) is 109 Å². The Hall–Kier alpha value is -1.31. The maximum atomic E-state index is 12.2. The zero-order valence-corrected chi connectivity index (χ0v) is 17.9. The first kappa shape index (κ1) is 23.7. The van der Waals surface area contributed by atoms with E-state index in [0.29, 0.717) is 5.56 Å². The summed E-state index contributed by atoms with van der Waals surface area (Å²) < 4.78 is 5.74. The number of benzene rings is 1. The van der Waals surface area contributed by atoms with Gasteiger partial charge in [-0.15, -0.1) is 0 Å². The van der Waals surface area contributed by atoms with Gasteiger partial charge in [-0.2, -0.15) is 0 Å². The van der Waals surface area contributed by atoms with Gasteiger partial charge in [0.15, 0.2) is 0 Å². The van der Waals surface area contributed by atoms with Crippen LogP contribution in [0.2, 0.25) is 0 Å². The fourth-order valence-electron chi connectivity index (χ4n) is 3.59. The average Bonchev–Trinajstić information content (AvgIpc) is 2.69. The van der Waals surface area contributed by atoms with Crippen molar-refractivity contribution >= 4 is 5.97 Å². The first-order valence-corrected chi connectivity index (χ1v) is 11.5. The number of hydrogen-bond acceptors (Lipinski definition) is 2. The molecule has 0 saturated carbocycles. The molecule has 154 valence electrons. The number of rotatable bonds is 17. The molecule has 0 amide bonds. The normalized spacial score (nSPS) is 12.1. The van der Waals surface area contributed by atoms with Gasteiger partial charge >= 0.3 is 5.97 Å². The van der Waals surface area contributed by atoms with E-state index in [2.05, 4.69) is 13.8 Å². The maximum absolute atomic E-state index is 12.2. The summed E-state index contributed by atoms with van der Waals surface area (Å²) in [5.74, 6) is -0.173. The Morgan fingerprint density at radius 2 is 1.22 bits per heavy atom. The van der Waals surface area contributed by atoms with E-state index >= 15 is 0 Å². The minimum absolute atomic E-state index is 0.0748. The van der Waals surface area contributed by atoms with Crippen LogP contribution in [0, 0.1) is 0 Å². The predicted octanol–water partition coefficient (Wildman–Crippen LogP) is 8.10. The third kappa shape index (κ3) is 12.7. The Labute approximate surface area is 168 Å². The third-order valence-electron chi connectivity index (χ3n) is 5.27. The van der Waals surface area contributed by atoms with Crippen molar-refractivity contribution < 1.29 is 9.53 Å². The summed E-state index contributed by atoms with van der Waals surface area (Å²) in [6.45, 7) is 4.43. The van der Waals surface area contributed by atoms with E-state index in [4.69, 9.17) is 4.74 Å². The van der Waals surface area contributed by atoms with Gasteiger partial charge in [-0.05, 0) is 31.4 Å². The highest BCUT2D eigenvalue weighted by Gasteiger charge is 2.14. The lowest BCUT2D eigenvalue weighted by atomic mass is 10.0. The lowest BCUT2D eigenvalue weighted by molar-refractivity contribution is 0.0253. The lowest BCUT2D eigenvalue weighted by Crippen LogP contribution is -2.18. The Morgan fingerprint density at radius 1 is 0.704 bits per heavy atom. The Kier molecular flexibility index (Phi) is 14.8. The molecule has 2 nitrogen and oxygen atoms in total. The molecule has 0 fully saturated rings. The van der Waals surface area contributed by atoms with Crippen molar-refractivity contribution in [1.29, 1.82) is 0 Å². The van der Waals surface area contributed by atoms with Crippen LogP contribution < -0.4 is 0 Å². The van der Waals surface area contributed by atoms with E-state index in [1.54, 1.807) is 0 Å². The molecule has 1 aromatic rings. The van der Waals surface area contributed by atoms with E-state index < -0.39 is 0 Å². The monoisotopic (exact) mass is 374 g/mol. The molecule has 0 radical (unpaired) electrons. The molecule has 2 heteroatoms. The fraction of sp³-hybridized carbons (Fsp3) is 0.720. The Morgan fingerprint density at radius 3 is 1.74 bits per heavy atom. The molecule has 0 heterocycles. The number of unbranched alkanes of at least 4 members (excludes halogenated alkanes) is 11. The molecular formula is C25H42O2. The highest BCUT2D eigenvalue weighted by atomic mass is 16.5. The maximum Gasteiger partial charge on any atom is 0.338 e. The molecule has 0 aliphatic carbocycles. The molecule has 1 atom stereocenters. The first-order chi connectivity index (χ1) is 13.3. The smallest absolute Gasteiger partial charge is 0.338 e. The molecule has 0 saturated heterocycles. The van der Waals surface area contributed by atoms with Crippen molar-refractivity contribution in [2.24, 2.45) is 0 Å². The fourth-order valence-corrected chi connectivity index (χ4v) is 3.59. The van der Waals surface area contributed by atoms with Gasteiger partial charge in [-0.3, -0.25) is 0 Å². The van der Waals surface area contributed by atoms with Crippen LogP contribution >= 0.6 is 0 Å². The summed E-state index contributed by atoms with van der Waals surface area (Å²) in [6.07, 6.45) is 19.4. The van der Waals surface area contributed by atoms with Crippen molar-refractivity contribution in [3.05, 3.63) is 35.9 Å². The Balaban J connectivity index is 2.04. The van der Waals surface area contributed by atoms with Crippen LogP contribution in [-0.2, 0) is 4.74 Å². The summed E-state index contributed by atoms with van der Waals surface area (Å²) in [7, 11) is 0. The molecule has 1 unspecified atom stereocenters. The van der Waals surface area contributed by atoms with Crippen molar-refractivity contribution in [3.63, 3.8) is 0 Å². The van der Waals surface area contributed by atoms with Gasteiger partial charge in [0, 0.05) is 0 Å². The minimum atomic E-state index is -0.173. The van der Waals surface area contributed by atoms with E-state index in [1.165, 1.54) is 77.0 Å². The average molecular weight is 375 g/mol. The van der Waals surface area contributed by atoms with E-state index in [1.807, 2.05) is 30.3 Å². The van der Waals surface area contributed by atoms with Crippen LogP contribution in [0.3, 0.4) is 0 Å². The van der Waals surface area contributed by atoms with Gasteiger partial charge in [0.1, 0.15) is 6.10 Å². The molecule has 0 aliphatic rings. The van der Waals surface area contributed by atoms with Gasteiger partial charge in [0.05, 0.1) is 5.56 Å². The molecule has 0 spiro atoms. The standard InChI is InChI=1S/C25H42O2/c1-3-5-6-7-8-9-10-11-12-13-14-18-22-24(19-4-2)27-25(26)23-20-16-15-17-21-23/h15-17,20-21,24H,3-14,18-19,22H2,1-2H3. The van der Waals surface area contributed by atoms with Gasteiger partial charge in [0.25, 0.3) is 0 Å². The quantitative estimate of drug-likeness (QED) is 0.203. The van der Waals surface area contributed by atoms with Crippen molar-refractivity contribution in [1.82, 2.24) is 0 Å². The highest BCUT2D eigenvalue weighted by Crippen LogP contribution is 2.17. The molecule has 0 bridgehead atoms. The molecule has 0 N–H and O–H groups in total. The summed E-state index contributed by atoms with van der Waals surface area (Å²) in [4.78, 5) is 12.2. The lowest BCUT2D eigenvalue weighted by Gasteiger charge is -2.17. The zero-order chi connectivity index (χ0) is 19.6. The van der Waals surface area contributed by atoms with E-state index in [-0.39, 0.29) is 12.1 Å². The second-order valence-electron chi connectivity index (χ2n) is 7.86. The predicted molar refractivity (Wildman–Crippen MR) is 116 cm³/mol. The van der Waals surface area contributed by atoms with Crippen LogP contribution in [0.4, 0.5) is 0 Å². The van der Waals surface area contributed by atoms with E-state index in [9.17, 15) is 4.79 Å². The van der Waals surface area contributed by atoms with Crippen LogP contribution in [0.15, 0.2) is 30.3 Å². The van der Waals surface area contributed by atoms with E-state index in [0.717, 1.165) is 19.3 Å². The van der Waals surface area contributed by atoms with Gasteiger partial charge < -0.3 is 4.74 Å².